The molecular formula is C25H27ClN10O. The summed E-state index contributed by atoms with van der Waals surface area (Å²) in [6.45, 7) is 8.30. The van der Waals surface area contributed by atoms with Crippen LogP contribution in [-0.2, 0) is 0 Å². The molecular weight excluding hydrogens is 492 g/mol. The number of nitrogen functional groups attached to an aromatic ring is 1. The highest BCUT2D eigenvalue weighted by Crippen LogP contribution is 2.20. The van der Waals surface area contributed by atoms with Gasteiger partial charge >= 0.3 is 0 Å². The van der Waals surface area contributed by atoms with Crippen molar-refractivity contribution in [2.24, 2.45) is 0 Å². The summed E-state index contributed by atoms with van der Waals surface area (Å²) in [5.74, 6) is 6.50. The number of hydrogen-bond acceptors (Lipinski definition) is 9. The van der Waals surface area contributed by atoms with Crippen molar-refractivity contribution < 1.29 is 4.79 Å². The van der Waals surface area contributed by atoms with Gasteiger partial charge < -0.3 is 16.4 Å². The number of fused-ring (bicyclic) bond motifs is 1. The van der Waals surface area contributed by atoms with Gasteiger partial charge in [-0.05, 0) is 56.3 Å². The van der Waals surface area contributed by atoms with Crippen LogP contribution in [0.5, 0.6) is 0 Å². The molecule has 0 aliphatic heterocycles. The molecule has 0 aliphatic rings. The van der Waals surface area contributed by atoms with Gasteiger partial charge in [0.2, 0.25) is 0 Å². The lowest BCUT2D eigenvalue weighted by Crippen LogP contribution is -2.30. The first-order valence-electron chi connectivity index (χ1n) is 11.8. The maximum absolute atomic E-state index is 13.0. The fraction of sp³-hybridized carbons (Fsp3) is 0.280. The molecule has 0 saturated carbocycles. The van der Waals surface area contributed by atoms with Crippen LogP contribution in [0.1, 0.15) is 48.8 Å². The Labute approximate surface area is 219 Å². The Morgan fingerprint density at radius 1 is 1.22 bits per heavy atom. The van der Waals surface area contributed by atoms with Gasteiger partial charge in [0.1, 0.15) is 5.69 Å². The first-order valence-corrected chi connectivity index (χ1v) is 12.1. The van der Waals surface area contributed by atoms with Gasteiger partial charge in [-0.2, -0.15) is 4.52 Å². The third-order valence-corrected chi connectivity index (χ3v) is 5.78. The van der Waals surface area contributed by atoms with E-state index in [1.807, 2.05) is 12.1 Å². The van der Waals surface area contributed by atoms with E-state index < -0.39 is 11.9 Å². The van der Waals surface area contributed by atoms with Crippen LogP contribution < -0.4 is 16.4 Å². The zero-order valence-electron chi connectivity index (χ0n) is 20.7. The third kappa shape index (κ3) is 6.30. The number of hydrogen-bond donors (Lipinski definition) is 3. The summed E-state index contributed by atoms with van der Waals surface area (Å²) in [5, 5.41) is 19.6. The molecule has 4 N–H and O–H groups in total. The summed E-state index contributed by atoms with van der Waals surface area (Å²) in [5.41, 5.74) is 7.61. The molecule has 0 spiro atoms. The number of amides is 1. The fourth-order valence-electron chi connectivity index (χ4n) is 3.50. The van der Waals surface area contributed by atoms with Gasteiger partial charge in [0.05, 0.1) is 18.8 Å². The number of nitrogens with zero attached hydrogens (tertiary/aromatic N) is 7. The van der Waals surface area contributed by atoms with Crippen LogP contribution in [0.15, 0.2) is 42.6 Å². The minimum Gasteiger partial charge on any atom is -0.382 e. The van der Waals surface area contributed by atoms with Crippen molar-refractivity contribution in [1.82, 2.24) is 40.0 Å². The third-order valence-electron chi connectivity index (χ3n) is 5.55. The predicted molar refractivity (Wildman–Crippen MR) is 143 cm³/mol. The second-order valence-electron chi connectivity index (χ2n) is 8.13. The normalized spacial score (nSPS) is 11.7. The van der Waals surface area contributed by atoms with Crippen molar-refractivity contribution in [3.8, 4) is 11.8 Å². The van der Waals surface area contributed by atoms with E-state index in [2.05, 4.69) is 66.5 Å². The predicted octanol–water partition coefficient (Wildman–Crippen LogP) is 3.08. The molecule has 11 nitrogen and oxygen atoms in total. The monoisotopic (exact) mass is 518 g/mol. The fourth-order valence-corrected chi connectivity index (χ4v) is 3.69. The molecule has 1 atom stereocenters. The second kappa shape index (κ2) is 11.6. The van der Waals surface area contributed by atoms with Crippen molar-refractivity contribution in [2.45, 2.75) is 26.8 Å². The van der Waals surface area contributed by atoms with E-state index in [0.717, 1.165) is 18.8 Å². The first kappa shape index (κ1) is 25.8. The Morgan fingerprint density at radius 3 is 2.78 bits per heavy atom. The molecule has 1 aromatic carbocycles. The number of benzene rings is 1. The Bertz CT molecular complexity index is 1470. The minimum atomic E-state index is -0.560. The summed E-state index contributed by atoms with van der Waals surface area (Å²) < 4.78 is 1.56. The van der Waals surface area contributed by atoms with E-state index in [1.165, 1.54) is 6.20 Å². The lowest BCUT2D eigenvalue weighted by atomic mass is 10.2. The van der Waals surface area contributed by atoms with E-state index in [-0.39, 0.29) is 11.5 Å². The van der Waals surface area contributed by atoms with Crippen molar-refractivity contribution in [1.29, 1.82) is 0 Å². The van der Waals surface area contributed by atoms with Crippen LogP contribution in [0.4, 0.5) is 17.3 Å². The smallest absolute Gasteiger partial charge is 0.274 e. The van der Waals surface area contributed by atoms with Crippen LogP contribution in [0, 0.1) is 11.8 Å². The zero-order valence-corrected chi connectivity index (χ0v) is 21.5. The SMILES string of the molecule is CCN(CC)CC#Cc1cnc(N)c(C(=O)N[C@H](C)c2nnc3ccc(Nc4cccc(Cl)c4)nn23)n1. The molecule has 0 saturated heterocycles. The van der Waals surface area contributed by atoms with Gasteiger partial charge in [-0.1, -0.05) is 37.4 Å². The highest BCUT2D eigenvalue weighted by atomic mass is 35.5. The molecule has 0 unspecified atom stereocenters. The molecule has 1 amide bonds. The number of halogens is 1. The summed E-state index contributed by atoms with van der Waals surface area (Å²) >= 11 is 6.07. The van der Waals surface area contributed by atoms with Gasteiger partial charge in [0, 0.05) is 10.7 Å². The second-order valence-corrected chi connectivity index (χ2v) is 8.57. The summed E-state index contributed by atoms with van der Waals surface area (Å²) in [7, 11) is 0. The number of carbonyl (C=O) groups excluding carboxylic acids is 1. The molecule has 37 heavy (non-hydrogen) atoms. The van der Waals surface area contributed by atoms with E-state index in [9.17, 15) is 4.79 Å². The quantitative estimate of drug-likeness (QED) is 0.300. The van der Waals surface area contributed by atoms with Crippen LogP contribution in [-0.4, -0.2) is 60.2 Å². The van der Waals surface area contributed by atoms with E-state index in [0.29, 0.717) is 34.6 Å². The average molecular weight is 519 g/mol. The Morgan fingerprint density at radius 2 is 2.03 bits per heavy atom. The van der Waals surface area contributed by atoms with Crippen molar-refractivity contribution in [2.75, 3.05) is 30.7 Å². The standard InChI is InChI=1S/C25H27ClN10O/c1-4-35(5-2)13-7-10-19-15-28-23(27)22(31-19)25(37)29-16(3)24-33-32-21-12-11-20(34-36(21)24)30-18-9-6-8-17(26)14-18/h6,8-9,11-12,14-16H,4-5,13H2,1-3H3,(H2,27,28)(H,29,37)(H,30,34)/t16-/m1/s1. The molecule has 0 aliphatic carbocycles. The van der Waals surface area contributed by atoms with Gasteiger partial charge in [-0.3, -0.25) is 9.69 Å². The van der Waals surface area contributed by atoms with Crippen LogP contribution in [0.2, 0.25) is 5.02 Å². The van der Waals surface area contributed by atoms with Gasteiger partial charge in [0.15, 0.2) is 28.8 Å². The number of nitrogens with two attached hydrogens (primary N) is 1. The maximum Gasteiger partial charge on any atom is 0.274 e. The lowest BCUT2D eigenvalue weighted by molar-refractivity contribution is 0.0933. The number of carbonyl (C=O) groups is 1. The summed E-state index contributed by atoms with van der Waals surface area (Å²) in [4.78, 5) is 23.6. The Kier molecular flexibility index (Phi) is 8.12. The van der Waals surface area contributed by atoms with Crippen LogP contribution >= 0.6 is 11.6 Å². The number of rotatable bonds is 8. The summed E-state index contributed by atoms with van der Waals surface area (Å²) in [6, 6.07) is 10.3. The molecule has 4 rings (SSSR count). The average Bonchev–Trinajstić information content (AvgIpc) is 3.31. The number of aromatic nitrogens is 6. The molecule has 12 heteroatoms. The van der Waals surface area contributed by atoms with E-state index >= 15 is 0 Å². The van der Waals surface area contributed by atoms with Gasteiger partial charge in [-0.15, -0.1) is 15.3 Å². The Hall–Kier alpha value is -4.27. The van der Waals surface area contributed by atoms with Crippen molar-refractivity contribution in [3.05, 3.63) is 64.8 Å². The molecule has 190 valence electrons. The van der Waals surface area contributed by atoms with Crippen molar-refractivity contribution in [3.63, 3.8) is 0 Å². The molecule has 0 bridgehead atoms. The van der Waals surface area contributed by atoms with Crippen LogP contribution in [0.3, 0.4) is 0 Å². The van der Waals surface area contributed by atoms with Crippen molar-refractivity contribution >= 4 is 40.5 Å². The molecule has 4 aromatic rings. The highest BCUT2D eigenvalue weighted by molar-refractivity contribution is 6.30. The van der Waals surface area contributed by atoms with E-state index in [1.54, 1.807) is 35.7 Å². The zero-order chi connectivity index (χ0) is 26.4. The first-order chi connectivity index (χ1) is 17.9. The minimum absolute atomic E-state index is 0.00780. The lowest BCUT2D eigenvalue weighted by Gasteiger charge is -2.13. The highest BCUT2D eigenvalue weighted by Gasteiger charge is 2.21. The van der Waals surface area contributed by atoms with Gasteiger partial charge in [-0.25, -0.2) is 9.97 Å². The maximum atomic E-state index is 13.0. The number of nitrogens with one attached hydrogen (secondary N) is 2. The molecule has 3 aromatic heterocycles. The molecule has 0 fully saturated rings. The largest absolute Gasteiger partial charge is 0.382 e. The summed E-state index contributed by atoms with van der Waals surface area (Å²) in [6.07, 6.45) is 1.45. The topological polar surface area (TPSA) is 139 Å². The Balaban J connectivity index is 1.51. The molecule has 3 heterocycles. The van der Waals surface area contributed by atoms with E-state index in [4.69, 9.17) is 17.3 Å². The number of anilines is 3. The molecule has 0 radical (unpaired) electrons. The van der Waals surface area contributed by atoms with Crippen LogP contribution in [0.25, 0.3) is 5.65 Å². The van der Waals surface area contributed by atoms with Gasteiger partial charge in [0.25, 0.3) is 5.91 Å².